The first kappa shape index (κ1) is 12.7. The standard InChI is InChI=1S/C12H16Cl2O/c1-2-3-4-5-8-15-12-7-6-10(13)9-11(12)14/h6-7,9H,2-5,8H2,1H3. The summed E-state index contributed by atoms with van der Waals surface area (Å²) in [5.41, 5.74) is 0. The fourth-order valence-corrected chi connectivity index (χ4v) is 1.77. The Balaban J connectivity index is 2.31. The van der Waals surface area contributed by atoms with Gasteiger partial charge in [0.1, 0.15) is 5.75 Å². The van der Waals surface area contributed by atoms with Gasteiger partial charge in [0.2, 0.25) is 0 Å². The molecule has 0 aliphatic heterocycles. The highest BCUT2D eigenvalue weighted by molar-refractivity contribution is 6.35. The molecule has 1 rings (SSSR count). The predicted molar refractivity (Wildman–Crippen MR) is 66.1 cm³/mol. The maximum Gasteiger partial charge on any atom is 0.137 e. The van der Waals surface area contributed by atoms with E-state index in [1.54, 1.807) is 12.1 Å². The van der Waals surface area contributed by atoms with Crippen LogP contribution in [0.25, 0.3) is 0 Å². The number of halogens is 2. The third kappa shape index (κ3) is 4.76. The van der Waals surface area contributed by atoms with Crippen LogP contribution in [0.3, 0.4) is 0 Å². The third-order valence-electron chi connectivity index (χ3n) is 2.15. The molecule has 0 aliphatic carbocycles. The Morgan fingerprint density at radius 3 is 2.60 bits per heavy atom. The summed E-state index contributed by atoms with van der Waals surface area (Å²) < 4.78 is 5.55. The number of unbranched alkanes of at least 4 members (excludes halogenated alkanes) is 3. The normalized spacial score (nSPS) is 10.3. The van der Waals surface area contributed by atoms with Crippen molar-refractivity contribution in [2.75, 3.05) is 6.61 Å². The van der Waals surface area contributed by atoms with Crippen molar-refractivity contribution in [1.82, 2.24) is 0 Å². The summed E-state index contributed by atoms with van der Waals surface area (Å²) in [6.07, 6.45) is 4.79. The van der Waals surface area contributed by atoms with Crippen molar-refractivity contribution >= 4 is 23.2 Å². The molecule has 1 aromatic rings. The van der Waals surface area contributed by atoms with Crippen molar-refractivity contribution in [2.24, 2.45) is 0 Å². The second-order valence-electron chi connectivity index (χ2n) is 3.48. The van der Waals surface area contributed by atoms with Crippen LogP contribution in [0.15, 0.2) is 18.2 Å². The van der Waals surface area contributed by atoms with Crippen LogP contribution in [0.5, 0.6) is 5.75 Å². The molecular formula is C12H16Cl2O. The largest absolute Gasteiger partial charge is 0.492 e. The van der Waals surface area contributed by atoms with Crippen LogP contribution in [0, 0.1) is 0 Å². The number of hydrogen-bond acceptors (Lipinski definition) is 1. The molecule has 0 amide bonds. The number of ether oxygens (including phenoxy) is 1. The summed E-state index contributed by atoms with van der Waals surface area (Å²) in [5, 5.41) is 1.22. The van der Waals surface area contributed by atoms with Gasteiger partial charge in [0.15, 0.2) is 0 Å². The molecule has 0 atom stereocenters. The molecule has 0 saturated carbocycles. The van der Waals surface area contributed by atoms with Gasteiger partial charge in [-0.05, 0) is 24.6 Å². The van der Waals surface area contributed by atoms with Crippen molar-refractivity contribution in [2.45, 2.75) is 32.6 Å². The Bertz CT molecular complexity index is 300. The Kier molecular flexibility index (Phi) is 5.89. The Morgan fingerprint density at radius 1 is 1.13 bits per heavy atom. The molecular weight excluding hydrogens is 231 g/mol. The molecule has 3 heteroatoms. The molecule has 15 heavy (non-hydrogen) atoms. The molecule has 0 unspecified atom stereocenters. The minimum atomic E-state index is 0.581. The van der Waals surface area contributed by atoms with Gasteiger partial charge >= 0.3 is 0 Å². The zero-order valence-electron chi connectivity index (χ0n) is 8.93. The van der Waals surface area contributed by atoms with Gasteiger partial charge in [-0.3, -0.25) is 0 Å². The Labute approximate surface area is 101 Å². The molecule has 0 N–H and O–H groups in total. The van der Waals surface area contributed by atoms with Crippen molar-refractivity contribution < 1.29 is 4.74 Å². The van der Waals surface area contributed by atoms with E-state index in [0.717, 1.165) is 18.8 Å². The first-order valence-corrected chi connectivity index (χ1v) is 6.07. The SMILES string of the molecule is CCCCCCOc1ccc(Cl)cc1Cl. The van der Waals surface area contributed by atoms with Crippen LogP contribution >= 0.6 is 23.2 Å². The highest BCUT2D eigenvalue weighted by Gasteiger charge is 2.01. The summed E-state index contributed by atoms with van der Waals surface area (Å²) in [4.78, 5) is 0. The second-order valence-corrected chi connectivity index (χ2v) is 4.33. The summed E-state index contributed by atoms with van der Waals surface area (Å²) >= 11 is 11.7. The third-order valence-corrected chi connectivity index (χ3v) is 2.68. The summed E-state index contributed by atoms with van der Waals surface area (Å²) in [7, 11) is 0. The van der Waals surface area contributed by atoms with E-state index in [-0.39, 0.29) is 0 Å². The van der Waals surface area contributed by atoms with Crippen molar-refractivity contribution in [1.29, 1.82) is 0 Å². The molecule has 0 spiro atoms. The monoisotopic (exact) mass is 246 g/mol. The Morgan fingerprint density at radius 2 is 1.93 bits per heavy atom. The van der Waals surface area contributed by atoms with Gasteiger partial charge in [0.25, 0.3) is 0 Å². The average molecular weight is 247 g/mol. The zero-order valence-corrected chi connectivity index (χ0v) is 10.4. The van der Waals surface area contributed by atoms with Crippen molar-refractivity contribution in [3.8, 4) is 5.75 Å². The van der Waals surface area contributed by atoms with Gasteiger partial charge in [-0.1, -0.05) is 49.4 Å². The molecule has 0 radical (unpaired) electrons. The van der Waals surface area contributed by atoms with Crippen LogP contribution in [-0.2, 0) is 0 Å². The molecule has 0 aromatic heterocycles. The van der Waals surface area contributed by atoms with Crippen LogP contribution in [0.4, 0.5) is 0 Å². The first-order chi connectivity index (χ1) is 7.24. The van der Waals surface area contributed by atoms with Crippen molar-refractivity contribution in [3.63, 3.8) is 0 Å². The lowest BCUT2D eigenvalue weighted by Crippen LogP contribution is -1.97. The summed E-state index contributed by atoms with van der Waals surface area (Å²) in [6.45, 7) is 2.91. The van der Waals surface area contributed by atoms with Gasteiger partial charge in [0, 0.05) is 5.02 Å². The van der Waals surface area contributed by atoms with Crippen LogP contribution in [0.2, 0.25) is 10.0 Å². The minimum absolute atomic E-state index is 0.581. The first-order valence-electron chi connectivity index (χ1n) is 5.32. The van der Waals surface area contributed by atoms with E-state index in [9.17, 15) is 0 Å². The van der Waals surface area contributed by atoms with Gasteiger partial charge in [-0.25, -0.2) is 0 Å². The molecule has 0 fully saturated rings. The highest BCUT2D eigenvalue weighted by atomic mass is 35.5. The predicted octanol–water partition coefficient (Wildman–Crippen LogP) is 4.95. The van der Waals surface area contributed by atoms with E-state index >= 15 is 0 Å². The van der Waals surface area contributed by atoms with Gasteiger partial charge in [-0.2, -0.15) is 0 Å². The summed E-state index contributed by atoms with van der Waals surface area (Å²) in [6, 6.07) is 5.30. The lowest BCUT2D eigenvalue weighted by atomic mass is 10.2. The van der Waals surface area contributed by atoms with Crippen LogP contribution in [-0.4, -0.2) is 6.61 Å². The smallest absolute Gasteiger partial charge is 0.137 e. The topological polar surface area (TPSA) is 9.23 Å². The van der Waals surface area contributed by atoms with Gasteiger partial charge < -0.3 is 4.74 Å². The number of hydrogen-bond donors (Lipinski definition) is 0. The van der Waals surface area contributed by atoms with Gasteiger partial charge in [-0.15, -0.1) is 0 Å². The van der Waals surface area contributed by atoms with Crippen LogP contribution in [0.1, 0.15) is 32.6 Å². The van der Waals surface area contributed by atoms with E-state index < -0.39 is 0 Å². The van der Waals surface area contributed by atoms with E-state index in [1.165, 1.54) is 19.3 Å². The number of rotatable bonds is 6. The fourth-order valence-electron chi connectivity index (χ4n) is 1.30. The molecule has 1 nitrogen and oxygen atoms in total. The van der Waals surface area contributed by atoms with E-state index in [4.69, 9.17) is 27.9 Å². The number of benzene rings is 1. The Hall–Kier alpha value is -0.400. The van der Waals surface area contributed by atoms with Crippen LogP contribution < -0.4 is 4.74 Å². The average Bonchev–Trinajstić information content (AvgIpc) is 2.20. The van der Waals surface area contributed by atoms with Crippen molar-refractivity contribution in [3.05, 3.63) is 28.2 Å². The minimum Gasteiger partial charge on any atom is -0.492 e. The molecule has 0 heterocycles. The van der Waals surface area contributed by atoms with E-state index in [0.29, 0.717) is 10.0 Å². The fraction of sp³-hybridized carbons (Fsp3) is 0.500. The zero-order chi connectivity index (χ0) is 11.1. The lowest BCUT2D eigenvalue weighted by Gasteiger charge is -2.07. The van der Waals surface area contributed by atoms with Gasteiger partial charge in [0.05, 0.1) is 11.6 Å². The lowest BCUT2D eigenvalue weighted by molar-refractivity contribution is 0.305. The highest BCUT2D eigenvalue weighted by Crippen LogP contribution is 2.27. The quantitative estimate of drug-likeness (QED) is 0.646. The molecule has 0 saturated heterocycles. The molecule has 0 bridgehead atoms. The molecule has 84 valence electrons. The summed E-state index contributed by atoms with van der Waals surface area (Å²) in [5.74, 6) is 0.720. The van der Waals surface area contributed by atoms with E-state index in [1.807, 2.05) is 6.07 Å². The maximum absolute atomic E-state index is 5.96. The van der Waals surface area contributed by atoms with E-state index in [2.05, 4.69) is 6.92 Å². The molecule has 0 aliphatic rings. The second kappa shape index (κ2) is 6.97. The molecule has 1 aromatic carbocycles. The maximum atomic E-state index is 5.96.